The van der Waals surface area contributed by atoms with Crippen molar-refractivity contribution in [1.82, 2.24) is 4.72 Å². The zero-order chi connectivity index (χ0) is 19.2. The van der Waals surface area contributed by atoms with Crippen LogP contribution in [0, 0.1) is 0 Å². The number of carbonyl (C=O) groups is 1. The summed E-state index contributed by atoms with van der Waals surface area (Å²) in [6, 6.07) is 14.0. The van der Waals surface area contributed by atoms with E-state index in [2.05, 4.69) is 22.9 Å². The molecular formula is C20H27NO3S2. The molecule has 0 saturated heterocycles. The molecule has 2 rings (SSSR count). The maximum Gasteiger partial charge on any atom is 0.307 e. The summed E-state index contributed by atoms with van der Waals surface area (Å²) in [6.45, 7) is 7.86. The van der Waals surface area contributed by atoms with Gasteiger partial charge in [-0.15, -0.1) is 16.1 Å². The highest BCUT2D eigenvalue weighted by molar-refractivity contribution is 7.90. The van der Waals surface area contributed by atoms with E-state index in [9.17, 15) is 9.35 Å². The first-order valence-corrected chi connectivity index (χ1v) is 10.7. The average Bonchev–Trinajstić information content (AvgIpc) is 3.03. The van der Waals surface area contributed by atoms with Crippen LogP contribution in [0.2, 0.25) is 0 Å². The molecule has 26 heavy (non-hydrogen) atoms. The molecule has 0 aliphatic rings. The second-order valence-corrected chi connectivity index (χ2v) is 10.2. The van der Waals surface area contributed by atoms with Crippen LogP contribution >= 0.6 is 11.3 Å². The van der Waals surface area contributed by atoms with Crippen molar-refractivity contribution in [3.8, 4) is 0 Å². The third kappa shape index (κ3) is 6.43. The van der Waals surface area contributed by atoms with Gasteiger partial charge in [-0.2, -0.15) is 0 Å². The first-order chi connectivity index (χ1) is 12.3. The van der Waals surface area contributed by atoms with Gasteiger partial charge in [0.15, 0.2) is 0 Å². The van der Waals surface area contributed by atoms with Gasteiger partial charge in [-0.3, -0.25) is 4.79 Å². The fourth-order valence-electron chi connectivity index (χ4n) is 2.37. The highest BCUT2D eigenvalue weighted by Crippen LogP contribution is 2.29. The summed E-state index contributed by atoms with van der Waals surface area (Å²) in [5, 5.41) is 0. The standard InChI is InChI=1S/C20H27NO3S2/c1-5-24-19(22)14-17(21-26(23)20(2,3)4)18-12-11-16(25-18)13-15-9-7-6-8-10-15/h6-12,17,21H,5,13-14H2,1-4H3/t17-,26?/m0/s1. The molecule has 0 bridgehead atoms. The minimum atomic E-state index is -1.27. The summed E-state index contributed by atoms with van der Waals surface area (Å²) in [4.78, 5) is 14.2. The number of esters is 1. The van der Waals surface area contributed by atoms with Gasteiger partial charge >= 0.3 is 5.97 Å². The topological polar surface area (TPSA) is 61.4 Å². The van der Waals surface area contributed by atoms with Gasteiger partial charge < -0.3 is 9.29 Å². The Labute approximate surface area is 163 Å². The van der Waals surface area contributed by atoms with Crippen LogP contribution in [0.25, 0.3) is 0 Å². The normalized spacial score (nSPS) is 14.0. The van der Waals surface area contributed by atoms with Gasteiger partial charge in [-0.1, -0.05) is 30.3 Å². The van der Waals surface area contributed by atoms with Crippen LogP contribution in [0.3, 0.4) is 0 Å². The number of nitrogens with one attached hydrogen (secondary N) is 1. The number of benzene rings is 1. The molecule has 6 heteroatoms. The first-order valence-electron chi connectivity index (χ1n) is 8.75. The quantitative estimate of drug-likeness (QED) is 0.534. The highest BCUT2D eigenvalue weighted by atomic mass is 32.2. The van der Waals surface area contributed by atoms with Crippen molar-refractivity contribution in [1.29, 1.82) is 0 Å². The molecule has 2 atom stereocenters. The van der Waals surface area contributed by atoms with Gasteiger partial charge in [0.2, 0.25) is 0 Å². The molecule has 0 saturated carbocycles. The predicted octanol–water partition coefficient (Wildman–Crippen LogP) is 4.39. The number of thiophene rings is 1. The van der Waals surface area contributed by atoms with Crippen molar-refractivity contribution in [2.75, 3.05) is 6.61 Å². The van der Waals surface area contributed by atoms with Crippen LogP contribution in [0.1, 0.15) is 55.5 Å². The Hall–Kier alpha value is -1.34. The molecule has 0 aliphatic heterocycles. The van der Waals surface area contributed by atoms with Gasteiger partial charge in [-0.25, -0.2) is 0 Å². The Morgan fingerprint density at radius 3 is 2.54 bits per heavy atom. The predicted molar refractivity (Wildman–Crippen MR) is 109 cm³/mol. The lowest BCUT2D eigenvalue weighted by Crippen LogP contribution is -2.41. The lowest BCUT2D eigenvalue weighted by atomic mass is 10.1. The number of hydrogen-bond acceptors (Lipinski definition) is 5. The molecule has 0 aliphatic carbocycles. The van der Waals surface area contributed by atoms with Crippen LogP contribution in [-0.4, -0.2) is 21.9 Å². The molecule has 0 amide bonds. The summed E-state index contributed by atoms with van der Waals surface area (Å²) in [5.41, 5.74) is 1.24. The van der Waals surface area contributed by atoms with Crippen molar-refractivity contribution >= 4 is 28.7 Å². The zero-order valence-corrected chi connectivity index (χ0v) is 17.4. The minimum Gasteiger partial charge on any atom is -0.598 e. The van der Waals surface area contributed by atoms with Crippen molar-refractivity contribution in [2.45, 2.75) is 51.3 Å². The van der Waals surface area contributed by atoms with Gasteiger partial charge in [0, 0.05) is 27.5 Å². The Kier molecular flexibility index (Phi) is 7.70. The Bertz CT molecular complexity index is 695. The SMILES string of the molecule is CCOC(=O)C[C@H](N[S+]([O-])C(C)(C)C)c1ccc(Cc2ccccc2)s1. The molecule has 0 fully saturated rings. The summed E-state index contributed by atoms with van der Waals surface area (Å²) in [5.74, 6) is -0.283. The third-order valence-electron chi connectivity index (χ3n) is 3.73. The molecule has 142 valence electrons. The van der Waals surface area contributed by atoms with E-state index in [-0.39, 0.29) is 18.4 Å². The maximum atomic E-state index is 12.5. The van der Waals surface area contributed by atoms with E-state index in [0.29, 0.717) is 6.61 Å². The lowest BCUT2D eigenvalue weighted by molar-refractivity contribution is -0.143. The molecule has 4 nitrogen and oxygen atoms in total. The van der Waals surface area contributed by atoms with E-state index in [1.54, 1.807) is 18.3 Å². The van der Waals surface area contributed by atoms with Crippen LogP contribution in [0.4, 0.5) is 0 Å². The van der Waals surface area contributed by atoms with E-state index in [0.717, 1.165) is 11.3 Å². The molecule has 1 N–H and O–H groups in total. The molecule has 1 unspecified atom stereocenters. The van der Waals surface area contributed by atoms with Crippen molar-refractivity contribution in [2.24, 2.45) is 0 Å². The Morgan fingerprint density at radius 1 is 1.23 bits per heavy atom. The van der Waals surface area contributed by atoms with Gasteiger partial charge in [-0.05, 0) is 45.4 Å². The average molecular weight is 394 g/mol. The number of ether oxygens (including phenoxy) is 1. The molecule has 1 heterocycles. The maximum absolute atomic E-state index is 12.5. The van der Waals surface area contributed by atoms with Gasteiger partial charge in [0.1, 0.15) is 4.75 Å². The van der Waals surface area contributed by atoms with Crippen LogP contribution in [0.15, 0.2) is 42.5 Å². The number of carbonyl (C=O) groups excluding carboxylic acids is 1. The Morgan fingerprint density at radius 2 is 1.92 bits per heavy atom. The van der Waals surface area contributed by atoms with Crippen molar-refractivity contribution in [3.63, 3.8) is 0 Å². The van der Waals surface area contributed by atoms with Crippen molar-refractivity contribution in [3.05, 3.63) is 57.8 Å². The van der Waals surface area contributed by atoms with E-state index in [1.807, 2.05) is 45.0 Å². The smallest absolute Gasteiger partial charge is 0.307 e. The van der Waals surface area contributed by atoms with Crippen LogP contribution in [0.5, 0.6) is 0 Å². The lowest BCUT2D eigenvalue weighted by Gasteiger charge is -2.27. The van der Waals surface area contributed by atoms with Crippen LogP contribution < -0.4 is 4.72 Å². The molecule has 2 aromatic rings. The summed E-state index contributed by atoms with van der Waals surface area (Å²) < 4.78 is 20.3. The second-order valence-electron chi connectivity index (χ2n) is 7.03. The third-order valence-corrected chi connectivity index (χ3v) is 6.54. The molecule has 1 aromatic carbocycles. The fraction of sp³-hybridized carbons (Fsp3) is 0.450. The van der Waals surface area contributed by atoms with E-state index < -0.39 is 16.1 Å². The summed E-state index contributed by atoms with van der Waals surface area (Å²) >= 11 is 0.376. The molecule has 0 spiro atoms. The first kappa shape index (κ1) is 21.0. The monoisotopic (exact) mass is 393 g/mol. The van der Waals surface area contributed by atoms with Gasteiger partial charge in [0.05, 0.1) is 19.1 Å². The summed E-state index contributed by atoms with van der Waals surface area (Å²) in [6.07, 6.45) is 1.01. The number of rotatable bonds is 8. The number of hydrogen-bond donors (Lipinski definition) is 1. The van der Waals surface area contributed by atoms with Crippen LogP contribution in [-0.2, 0) is 27.3 Å². The summed E-state index contributed by atoms with van der Waals surface area (Å²) in [7, 11) is 0. The molecule has 1 aromatic heterocycles. The largest absolute Gasteiger partial charge is 0.598 e. The highest BCUT2D eigenvalue weighted by Gasteiger charge is 2.31. The zero-order valence-electron chi connectivity index (χ0n) is 15.8. The molecule has 0 radical (unpaired) electrons. The fourth-order valence-corrected chi connectivity index (χ4v) is 4.36. The van der Waals surface area contributed by atoms with Gasteiger partial charge in [0.25, 0.3) is 0 Å². The second kappa shape index (κ2) is 9.55. The van der Waals surface area contributed by atoms with E-state index >= 15 is 0 Å². The molecular weight excluding hydrogens is 366 g/mol. The minimum absolute atomic E-state index is 0.168. The Balaban J connectivity index is 2.14. The van der Waals surface area contributed by atoms with E-state index in [4.69, 9.17) is 4.74 Å². The van der Waals surface area contributed by atoms with Crippen molar-refractivity contribution < 1.29 is 14.1 Å². The van der Waals surface area contributed by atoms with E-state index in [1.165, 1.54) is 10.4 Å².